The van der Waals surface area contributed by atoms with Gasteiger partial charge in [-0.15, -0.1) is 0 Å². The minimum atomic E-state index is 0.000440. The van der Waals surface area contributed by atoms with Crippen molar-refractivity contribution in [2.75, 3.05) is 57.3 Å². The van der Waals surface area contributed by atoms with Gasteiger partial charge in [0.25, 0.3) is 5.91 Å². The number of likely N-dealkylation sites (tertiary alicyclic amines) is 1. The predicted molar refractivity (Wildman–Crippen MR) is 116 cm³/mol. The first-order chi connectivity index (χ1) is 14.7. The van der Waals surface area contributed by atoms with E-state index in [1.807, 2.05) is 30.0 Å². The first-order valence-corrected chi connectivity index (χ1v) is 11.0. The average molecular weight is 412 g/mol. The predicted octanol–water partition coefficient (Wildman–Crippen LogP) is 1.24. The highest BCUT2D eigenvalue weighted by Gasteiger charge is 2.26. The van der Waals surface area contributed by atoms with Crippen LogP contribution in [0.2, 0.25) is 0 Å². The zero-order chi connectivity index (χ0) is 20.9. The van der Waals surface area contributed by atoms with Crippen molar-refractivity contribution in [1.29, 1.82) is 0 Å². The van der Waals surface area contributed by atoms with Crippen molar-refractivity contribution in [3.63, 3.8) is 0 Å². The second kappa shape index (κ2) is 9.34. The van der Waals surface area contributed by atoms with Crippen LogP contribution in [-0.4, -0.2) is 74.0 Å². The molecule has 2 N–H and O–H groups in total. The van der Waals surface area contributed by atoms with E-state index >= 15 is 0 Å². The van der Waals surface area contributed by atoms with Gasteiger partial charge in [0.2, 0.25) is 5.78 Å². The van der Waals surface area contributed by atoms with E-state index in [1.54, 1.807) is 12.3 Å². The molecule has 3 heterocycles. The molecule has 0 aliphatic carbocycles. The summed E-state index contributed by atoms with van der Waals surface area (Å²) in [6.45, 7) is 8.29. The molecule has 0 unspecified atom stereocenters. The maximum atomic E-state index is 12.8. The summed E-state index contributed by atoms with van der Waals surface area (Å²) in [5.74, 6) is 1.01. The Hall–Kier alpha value is -2.80. The fraction of sp³-hybridized carbons (Fsp3) is 0.478. The lowest BCUT2D eigenvalue weighted by Gasteiger charge is -2.34. The van der Waals surface area contributed by atoms with Crippen molar-refractivity contribution in [2.45, 2.75) is 19.8 Å². The number of para-hydroxylation sites is 2. The molecule has 160 valence electrons. The molecule has 4 rings (SSSR count). The topological polar surface area (TPSA) is 70.1 Å². The first kappa shape index (κ1) is 20.5. The van der Waals surface area contributed by atoms with Gasteiger partial charge in [-0.05, 0) is 38.0 Å². The summed E-state index contributed by atoms with van der Waals surface area (Å²) in [6.07, 6.45) is 3.80. The van der Waals surface area contributed by atoms with Gasteiger partial charge in [-0.3, -0.25) is 9.59 Å². The standard InChI is InChI=1S/C23H30N4O3/c1-2-30-22-8-4-3-7-20(22)26-13-11-25(12-14-26)17-21(28)18-15-19(24-16-18)23(29)27-9-5-6-10-27/h3-4,7-8,15-16,24H,2,5-6,9-14,17H2,1H3/p+1. The first-order valence-electron chi connectivity index (χ1n) is 11.0. The molecular formula is C23H31N4O3+. The van der Waals surface area contributed by atoms with Crippen LogP contribution in [0.3, 0.4) is 0 Å². The van der Waals surface area contributed by atoms with Crippen LogP contribution in [0.4, 0.5) is 5.69 Å². The summed E-state index contributed by atoms with van der Waals surface area (Å²) in [5.41, 5.74) is 2.25. The van der Waals surface area contributed by atoms with Gasteiger partial charge in [-0.1, -0.05) is 12.1 Å². The highest BCUT2D eigenvalue weighted by molar-refractivity contribution is 6.00. The van der Waals surface area contributed by atoms with Crippen LogP contribution in [0.1, 0.15) is 40.6 Å². The number of H-pyrrole nitrogens is 1. The third-order valence-corrected chi connectivity index (χ3v) is 6.02. The second-order valence-corrected chi connectivity index (χ2v) is 8.04. The monoisotopic (exact) mass is 411 g/mol. The molecular weight excluding hydrogens is 380 g/mol. The van der Waals surface area contributed by atoms with E-state index in [2.05, 4.69) is 16.0 Å². The largest absolute Gasteiger partial charge is 0.492 e. The maximum absolute atomic E-state index is 12.8. The Balaban J connectivity index is 1.31. The number of carbonyl (C=O) groups is 2. The number of hydrogen-bond acceptors (Lipinski definition) is 4. The number of nitrogens with one attached hydrogen (secondary N) is 2. The molecule has 2 aliphatic rings. The molecule has 0 spiro atoms. The smallest absolute Gasteiger partial charge is 0.270 e. The molecule has 0 radical (unpaired) electrons. The molecule has 30 heavy (non-hydrogen) atoms. The molecule has 1 aromatic heterocycles. The van der Waals surface area contributed by atoms with Crippen molar-refractivity contribution in [1.82, 2.24) is 9.88 Å². The van der Waals surface area contributed by atoms with Gasteiger partial charge in [-0.25, -0.2) is 0 Å². The highest BCUT2D eigenvalue weighted by atomic mass is 16.5. The number of Topliss-reactive ketones (excluding diaryl/α,β-unsaturated/α-hetero) is 1. The van der Waals surface area contributed by atoms with Gasteiger partial charge < -0.3 is 24.4 Å². The van der Waals surface area contributed by atoms with Crippen molar-refractivity contribution in [3.05, 3.63) is 47.8 Å². The van der Waals surface area contributed by atoms with Crippen molar-refractivity contribution in [3.8, 4) is 5.75 Å². The highest BCUT2D eigenvalue weighted by Crippen LogP contribution is 2.27. The van der Waals surface area contributed by atoms with E-state index in [1.165, 1.54) is 4.90 Å². The van der Waals surface area contributed by atoms with Crippen LogP contribution in [0.5, 0.6) is 5.75 Å². The summed E-state index contributed by atoms with van der Waals surface area (Å²) in [4.78, 5) is 33.7. The molecule has 0 bridgehead atoms. The molecule has 2 aliphatic heterocycles. The molecule has 7 heteroatoms. The van der Waals surface area contributed by atoms with E-state index < -0.39 is 0 Å². The number of piperazine rings is 1. The van der Waals surface area contributed by atoms with E-state index in [4.69, 9.17) is 4.74 Å². The molecule has 1 amide bonds. The lowest BCUT2D eigenvalue weighted by atomic mass is 10.1. The van der Waals surface area contributed by atoms with E-state index in [9.17, 15) is 9.59 Å². The van der Waals surface area contributed by atoms with Crippen molar-refractivity contribution < 1.29 is 19.2 Å². The molecule has 1 aromatic carbocycles. The Morgan fingerprint density at radius 3 is 2.57 bits per heavy atom. The summed E-state index contributed by atoms with van der Waals surface area (Å²) in [5, 5.41) is 0. The Bertz CT molecular complexity index is 880. The second-order valence-electron chi connectivity index (χ2n) is 8.04. The van der Waals surface area contributed by atoms with Crippen LogP contribution in [0.25, 0.3) is 0 Å². The molecule has 2 saturated heterocycles. The van der Waals surface area contributed by atoms with Crippen LogP contribution in [-0.2, 0) is 0 Å². The van der Waals surface area contributed by atoms with Gasteiger partial charge in [0.1, 0.15) is 18.0 Å². The van der Waals surface area contributed by atoms with Gasteiger partial charge >= 0.3 is 0 Å². The van der Waals surface area contributed by atoms with Gasteiger partial charge in [0.05, 0.1) is 38.5 Å². The minimum Gasteiger partial charge on any atom is -0.492 e. The Kier molecular flexibility index (Phi) is 6.38. The molecule has 0 atom stereocenters. The number of quaternary nitrogens is 1. The van der Waals surface area contributed by atoms with Gasteiger partial charge in [0, 0.05) is 24.8 Å². The van der Waals surface area contributed by atoms with Crippen LogP contribution >= 0.6 is 0 Å². The number of carbonyl (C=O) groups excluding carboxylic acids is 2. The zero-order valence-corrected chi connectivity index (χ0v) is 17.7. The number of ether oxygens (including phenoxy) is 1. The summed E-state index contributed by atoms with van der Waals surface area (Å²) >= 11 is 0. The van der Waals surface area contributed by atoms with Crippen LogP contribution in [0, 0.1) is 0 Å². The number of aromatic amines is 1. The molecule has 0 saturated carbocycles. The average Bonchev–Trinajstić information content (AvgIpc) is 3.47. The van der Waals surface area contributed by atoms with E-state index in [0.717, 1.165) is 63.5 Å². The maximum Gasteiger partial charge on any atom is 0.270 e. The third kappa shape index (κ3) is 4.51. The van der Waals surface area contributed by atoms with Crippen LogP contribution in [0.15, 0.2) is 36.5 Å². The number of anilines is 1. The number of ketones is 1. The molecule has 2 aromatic rings. The lowest BCUT2D eigenvalue weighted by Crippen LogP contribution is -3.15. The van der Waals surface area contributed by atoms with Crippen LogP contribution < -0.4 is 14.5 Å². The SMILES string of the molecule is CCOc1ccccc1N1CC[NH+](CC(=O)c2c[nH]c(C(=O)N3CCCC3)c2)CC1. The summed E-state index contributed by atoms with van der Waals surface area (Å²) in [6, 6.07) is 9.85. The van der Waals surface area contributed by atoms with Crippen molar-refractivity contribution in [2.24, 2.45) is 0 Å². The van der Waals surface area contributed by atoms with E-state index in [-0.39, 0.29) is 11.7 Å². The quantitative estimate of drug-likeness (QED) is 0.673. The zero-order valence-electron chi connectivity index (χ0n) is 17.7. The fourth-order valence-electron chi connectivity index (χ4n) is 4.34. The molecule has 7 nitrogen and oxygen atoms in total. The molecule has 2 fully saturated rings. The van der Waals surface area contributed by atoms with Gasteiger partial charge in [0.15, 0.2) is 0 Å². The Morgan fingerprint density at radius 2 is 1.83 bits per heavy atom. The number of rotatable bonds is 7. The minimum absolute atomic E-state index is 0.000440. The fourth-order valence-corrected chi connectivity index (χ4v) is 4.34. The Labute approximate surface area is 177 Å². The number of hydrogen-bond donors (Lipinski definition) is 2. The number of amides is 1. The van der Waals surface area contributed by atoms with E-state index in [0.29, 0.717) is 24.4 Å². The lowest BCUT2D eigenvalue weighted by molar-refractivity contribution is -0.892. The number of benzene rings is 1. The third-order valence-electron chi connectivity index (χ3n) is 6.02. The van der Waals surface area contributed by atoms with Gasteiger partial charge in [-0.2, -0.15) is 0 Å². The van der Waals surface area contributed by atoms with Crippen molar-refractivity contribution >= 4 is 17.4 Å². The number of aromatic nitrogens is 1. The summed E-state index contributed by atoms with van der Waals surface area (Å²) in [7, 11) is 0. The summed E-state index contributed by atoms with van der Waals surface area (Å²) < 4.78 is 5.76. The Morgan fingerprint density at radius 1 is 1.10 bits per heavy atom. The number of nitrogens with zero attached hydrogens (tertiary/aromatic N) is 2. The normalized spacial score (nSPS) is 17.4.